The minimum absolute atomic E-state index is 0.134. The van der Waals surface area contributed by atoms with E-state index in [1.54, 1.807) is 12.1 Å². The van der Waals surface area contributed by atoms with Gasteiger partial charge >= 0.3 is 0 Å². The Morgan fingerprint density at radius 2 is 2.08 bits per heavy atom. The van der Waals surface area contributed by atoms with E-state index in [0.29, 0.717) is 17.9 Å². The zero-order valence-electron chi connectivity index (χ0n) is 14.9. The van der Waals surface area contributed by atoms with Gasteiger partial charge in [0.2, 0.25) is 0 Å². The monoisotopic (exact) mass is 330 g/mol. The van der Waals surface area contributed by atoms with Crippen LogP contribution in [0.2, 0.25) is 0 Å². The molecule has 1 unspecified atom stereocenters. The number of hydrogen-bond donors (Lipinski definition) is 3. The van der Waals surface area contributed by atoms with Gasteiger partial charge in [-0.15, -0.1) is 0 Å². The molecule has 6 heteroatoms. The Hall–Kier alpha value is -2.21. The van der Waals surface area contributed by atoms with Gasteiger partial charge in [0, 0.05) is 23.1 Å². The van der Waals surface area contributed by atoms with E-state index in [1.807, 2.05) is 46.8 Å². The van der Waals surface area contributed by atoms with Crippen LogP contribution >= 0.6 is 0 Å². The first-order valence-corrected chi connectivity index (χ1v) is 8.16. The molecule has 2 rings (SSSR count). The third kappa shape index (κ3) is 4.20. The summed E-state index contributed by atoms with van der Waals surface area (Å²) >= 11 is 0. The number of nitrogens with zero attached hydrogens (tertiary/aromatic N) is 2. The lowest BCUT2D eigenvalue weighted by Crippen LogP contribution is -2.43. The van der Waals surface area contributed by atoms with E-state index in [9.17, 15) is 9.90 Å². The van der Waals surface area contributed by atoms with E-state index in [0.717, 1.165) is 11.4 Å². The molecule has 3 N–H and O–H groups in total. The summed E-state index contributed by atoms with van der Waals surface area (Å²) in [4.78, 5) is 16.7. The summed E-state index contributed by atoms with van der Waals surface area (Å²) in [5.74, 6) is 1.25. The molecular weight excluding hydrogens is 304 g/mol. The summed E-state index contributed by atoms with van der Waals surface area (Å²) in [5.41, 5.74) is 0.931. The Kier molecular flexibility index (Phi) is 5.39. The smallest absolute Gasteiger partial charge is 0.251 e. The highest BCUT2D eigenvalue weighted by Crippen LogP contribution is 2.25. The molecule has 0 radical (unpaired) electrons. The predicted octanol–water partition coefficient (Wildman–Crippen LogP) is 2.55. The quantitative estimate of drug-likeness (QED) is 0.759. The fourth-order valence-electron chi connectivity index (χ4n) is 2.69. The third-order valence-electron chi connectivity index (χ3n) is 4.12. The third-order valence-corrected chi connectivity index (χ3v) is 4.12. The maximum absolute atomic E-state index is 12.4. The molecule has 2 aromatic rings. The molecular formula is C18H26N4O2. The van der Waals surface area contributed by atoms with E-state index in [4.69, 9.17) is 0 Å². The van der Waals surface area contributed by atoms with E-state index >= 15 is 0 Å². The van der Waals surface area contributed by atoms with Crippen molar-refractivity contribution >= 4 is 5.91 Å². The van der Waals surface area contributed by atoms with Crippen LogP contribution in [0.1, 0.15) is 43.9 Å². The van der Waals surface area contributed by atoms with Crippen molar-refractivity contribution in [1.29, 1.82) is 0 Å². The van der Waals surface area contributed by atoms with Gasteiger partial charge in [-0.05, 0) is 25.0 Å². The van der Waals surface area contributed by atoms with Crippen molar-refractivity contribution in [3.63, 3.8) is 0 Å². The number of amides is 1. The highest BCUT2D eigenvalue weighted by atomic mass is 16.3. The highest BCUT2D eigenvalue weighted by Gasteiger charge is 2.30. The number of nitrogens with one attached hydrogen (secondary N) is 2. The van der Waals surface area contributed by atoms with Crippen LogP contribution < -0.4 is 5.32 Å². The fourth-order valence-corrected chi connectivity index (χ4v) is 2.69. The van der Waals surface area contributed by atoms with Crippen LogP contribution in [0.5, 0.6) is 0 Å². The van der Waals surface area contributed by atoms with Crippen molar-refractivity contribution in [2.45, 2.75) is 40.7 Å². The predicted molar refractivity (Wildman–Crippen MR) is 93.5 cm³/mol. The first-order valence-electron chi connectivity index (χ1n) is 8.16. The van der Waals surface area contributed by atoms with Crippen LogP contribution in [0.25, 0.3) is 11.4 Å². The lowest BCUT2D eigenvalue weighted by Gasteiger charge is -2.33. The minimum atomic E-state index is -0.486. The van der Waals surface area contributed by atoms with Gasteiger partial charge in [0.25, 0.3) is 5.91 Å². The number of aliphatic hydroxyl groups is 1. The van der Waals surface area contributed by atoms with Crippen molar-refractivity contribution in [1.82, 2.24) is 20.5 Å². The van der Waals surface area contributed by atoms with Gasteiger partial charge in [0.1, 0.15) is 5.82 Å². The topological polar surface area (TPSA) is 90.9 Å². The maximum atomic E-state index is 12.4. The number of rotatable bonds is 6. The Balaban J connectivity index is 2.08. The van der Waals surface area contributed by atoms with Crippen molar-refractivity contribution in [2.75, 3.05) is 6.54 Å². The Morgan fingerprint density at radius 1 is 1.38 bits per heavy atom. The molecule has 0 aliphatic rings. The van der Waals surface area contributed by atoms with Crippen LogP contribution in [-0.4, -0.2) is 38.8 Å². The SMILES string of the molecule is Cc1nc(-c2cccc(C(=O)NCC(C)(C)C(O)C(C)C)c2)n[nH]1. The van der Waals surface area contributed by atoms with Crippen molar-refractivity contribution in [3.05, 3.63) is 35.7 Å². The Bertz CT molecular complexity index is 707. The standard InChI is InChI=1S/C18H26N4O2/c1-11(2)15(23)18(4,5)10-19-17(24)14-8-6-7-13(9-14)16-20-12(3)21-22-16/h6-9,11,15,23H,10H2,1-5H3,(H,19,24)(H,20,21,22). The lowest BCUT2D eigenvalue weighted by molar-refractivity contribution is 0.0138. The molecule has 0 spiro atoms. The molecule has 0 aliphatic carbocycles. The number of aryl methyl sites for hydroxylation is 1. The van der Waals surface area contributed by atoms with Crippen LogP contribution in [-0.2, 0) is 0 Å². The summed E-state index contributed by atoms with van der Waals surface area (Å²) in [5, 5.41) is 20.1. The summed E-state index contributed by atoms with van der Waals surface area (Å²) < 4.78 is 0. The van der Waals surface area contributed by atoms with Gasteiger partial charge in [0.15, 0.2) is 5.82 Å². The number of benzene rings is 1. The first kappa shape index (κ1) is 18.1. The van der Waals surface area contributed by atoms with Crippen LogP contribution in [0.15, 0.2) is 24.3 Å². The lowest BCUT2D eigenvalue weighted by atomic mass is 9.80. The average Bonchev–Trinajstić information content (AvgIpc) is 2.98. The van der Waals surface area contributed by atoms with Gasteiger partial charge in [-0.3, -0.25) is 9.89 Å². The molecule has 0 saturated heterocycles. The van der Waals surface area contributed by atoms with E-state index in [2.05, 4.69) is 20.5 Å². The molecule has 6 nitrogen and oxygen atoms in total. The van der Waals surface area contributed by atoms with Crippen LogP contribution in [0.3, 0.4) is 0 Å². The minimum Gasteiger partial charge on any atom is -0.392 e. The number of H-pyrrole nitrogens is 1. The zero-order valence-corrected chi connectivity index (χ0v) is 14.9. The Morgan fingerprint density at radius 3 is 2.67 bits per heavy atom. The van der Waals surface area contributed by atoms with Gasteiger partial charge < -0.3 is 10.4 Å². The molecule has 0 bridgehead atoms. The van der Waals surface area contributed by atoms with Crippen molar-refractivity contribution < 1.29 is 9.90 Å². The molecule has 0 aliphatic heterocycles. The number of aromatic amines is 1. The fraction of sp³-hybridized carbons (Fsp3) is 0.500. The van der Waals surface area contributed by atoms with Gasteiger partial charge in [-0.1, -0.05) is 39.8 Å². The second-order valence-corrected chi connectivity index (χ2v) is 7.19. The number of aromatic nitrogens is 3. The second-order valence-electron chi connectivity index (χ2n) is 7.19. The molecule has 0 saturated carbocycles. The molecule has 1 amide bonds. The Labute approximate surface area is 142 Å². The normalized spacial score (nSPS) is 13.1. The molecule has 0 fully saturated rings. The van der Waals surface area contributed by atoms with E-state index in [1.165, 1.54) is 0 Å². The molecule has 1 atom stereocenters. The second kappa shape index (κ2) is 7.13. The molecule has 24 heavy (non-hydrogen) atoms. The number of carbonyl (C=O) groups is 1. The number of aliphatic hydroxyl groups excluding tert-OH is 1. The number of carbonyl (C=O) groups excluding carboxylic acids is 1. The van der Waals surface area contributed by atoms with Gasteiger partial charge in [0.05, 0.1) is 6.10 Å². The van der Waals surface area contributed by atoms with Crippen LogP contribution in [0, 0.1) is 18.3 Å². The molecule has 1 aromatic heterocycles. The van der Waals surface area contributed by atoms with E-state index < -0.39 is 11.5 Å². The van der Waals surface area contributed by atoms with Gasteiger partial charge in [-0.2, -0.15) is 5.10 Å². The number of hydrogen-bond acceptors (Lipinski definition) is 4. The van der Waals surface area contributed by atoms with Gasteiger partial charge in [-0.25, -0.2) is 4.98 Å². The van der Waals surface area contributed by atoms with Crippen molar-refractivity contribution in [3.8, 4) is 11.4 Å². The first-order chi connectivity index (χ1) is 11.2. The largest absolute Gasteiger partial charge is 0.392 e. The highest BCUT2D eigenvalue weighted by molar-refractivity contribution is 5.95. The zero-order chi connectivity index (χ0) is 17.9. The average molecular weight is 330 g/mol. The molecule has 1 aromatic carbocycles. The van der Waals surface area contributed by atoms with E-state index in [-0.39, 0.29) is 11.8 Å². The summed E-state index contributed by atoms with van der Waals surface area (Å²) in [6.07, 6.45) is -0.486. The molecule has 1 heterocycles. The summed E-state index contributed by atoms with van der Waals surface area (Å²) in [7, 11) is 0. The van der Waals surface area contributed by atoms with Crippen molar-refractivity contribution in [2.24, 2.45) is 11.3 Å². The summed E-state index contributed by atoms with van der Waals surface area (Å²) in [6.45, 7) is 10.1. The maximum Gasteiger partial charge on any atom is 0.251 e. The van der Waals surface area contributed by atoms with Crippen LogP contribution in [0.4, 0.5) is 0 Å². The summed E-state index contributed by atoms with van der Waals surface area (Å²) in [6, 6.07) is 7.20. The molecule has 130 valence electrons.